The predicted molar refractivity (Wildman–Crippen MR) is 73.3 cm³/mol. The molecule has 1 aromatic rings. The molecule has 6 heteroatoms. The summed E-state index contributed by atoms with van der Waals surface area (Å²) in [4.78, 5) is 1.47. The molecule has 1 aliphatic heterocycles. The van der Waals surface area contributed by atoms with Gasteiger partial charge in [0.25, 0.3) is 0 Å². The number of nitrogens with one attached hydrogen (secondary N) is 1. The van der Waals surface area contributed by atoms with Crippen molar-refractivity contribution in [2.45, 2.75) is 25.1 Å². The van der Waals surface area contributed by atoms with Gasteiger partial charge in [-0.1, -0.05) is 15.9 Å². The Morgan fingerprint density at radius 1 is 1.16 bits per heavy atom. The normalized spacial score (nSPS) is 18.5. The van der Waals surface area contributed by atoms with Crippen LogP contribution in [0.1, 0.15) is 12.8 Å². The van der Waals surface area contributed by atoms with Gasteiger partial charge in [0.15, 0.2) is 0 Å². The Morgan fingerprint density at radius 2 is 1.74 bits per heavy atom. The lowest BCUT2D eigenvalue weighted by Crippen LogP contribution is -2.43. The van der Waals surface area contributed by atoms with Crippen molar-refractivity contribution in [1.29, 1.82) is 0 Å². The van der Waals surface area contributed by atoms with Crippen molar-refractivity contribution in [3.8, 4) is 0 Å². The first-order chi connectivity index (χ1) is 8.92. The molecule has 0 aromatic heterocycles. The molecule has 0 atom stereocenters. The average Bonchev–Trinajstić information content (AvgIpc) is 2.33. The zero-order valence-electron chi connectivity index (χ0n) is 10.4. The number of piperidine rings is 1. The smallest absolute Gasteiger partial charge is 0.382 e. The number of nitrogens with zero attached hydrogens (tertiary/aromatic N) is 1. The zero-order chi connectivity index (χ0) is 13.9. The fourth-order valence-corrected chi connectivity index (χ4v) is 2.54. The highest BCUT2D eigenvalue weighted by atomic mass is 79.9. The van der Waals surface area contributed by atoms with Crippen molar-refractivity contribution in [1.82, 2.24) is 4.90 Å². The van der Waals surface area contributed by atoms with Gasteiger partial charge in [-0.05, 0) is 37.1 Å². The topological polar surface area (TPSA) is 15.3 Å². The van der Waals surface area contributed by atoms with Crippen LogP contribution in [0.5, 0.6) is 0 Å². The van der Waals surface area contributed by atoms with Crippen LogP contribution in [-0.4, -0.2) is 36.8 Å². The minimum absolute atomic E-state index is 0.255. The Hall–Kier alpha value is -0.750. The van der Waals surface area contributed by atoms with E-state index in [-0.39, 0.29) is 6.04 Å². The van der Waals surface area contributed by atoms with Gasteiger partial charge in [0.05, 0.1) is 6.54 Å². The number of rotatable bonds is 3. The SMILES string of the molecule is FC(F)(F)CN1CCC(Nc2ccc(Br)cc2)CC1. The maximum atomic E-state index is 12.3. The molecule has 1 N–H and O–H groups in total. The molecule has 1 aliphatic rings. The zero-order valence-corrected chi connectivity index (χ0v) is 12.0. The Labute approximate surface area is 119 Å². The van der Waals surface area contributed by atoms with Crippen LogP contribution in [-0.2, 0) is 0 Å². The number of hydrogen-bond donors (Lipinski definition) is 1. The van der Waals surface area contributed by atoms with E-state index in [9.17, 15) is 13.2 Å². The lowest BCUT2D eigenvalue weighted by Gasteiger charge is -2.33. The van der Waals surface area contributed by atoms with E-state index in [1.807, 2.05) is 24.3 Å². The van der Waals surface area contributed by atoms with Gasteiger partial charge in [0, 0.05) is 29.3 Å². The number of anilines is 1. The molecule has 1 fully saturated rings. The molecule has 19 heavy (non-hydrogen) atoms. The lowest BCUT2D eigenvalue weighted by atomic mass is 10.0. The molecule has 0 aliphatic carbocycles. The highest BCUT2D eigenvalue weighted by Crippen LogP contribution is 2.22. The number of alkyl halides is 3. The van der Waals surface area contributed by atoms with E-state index in [1.54, 1.807) is 0 Å². The Bertz CT molecular complexity index is 397. The van der Waals surface area contributed by atoms with E-state index < -0.39 is 12.7 Å². The fourth-order valence-electron chi connectivity index (χ4n) is 2.27. The van der Waals surface area contributed by atoms with Gasteiger partial charge in [-0.2, -0.15) is 13.2 Å². The number of halogens is 4. The van der Waals surface area contributed by atoms with Crippen molar-refractivity contribution in [3.05, 3.63) is 28.7 Å². The number of hydrogen-bond acceptors (Lipinski definition) is 2. The molecule has 106 valence electrons. The first-order valence-electron chi connectivity index (χ1n) is 6.23. The third kappa shape index (κ3) is 5.03. The van der Waals surface area contributed by atoms with E-state index in [2.05, 4.69) is 21.2 Å². The van der Waals surface area contributed by atoms with Crippen molar-refractivity contribution in [3.63, 3.8) is 0 Å². The largest absolute Gasteiger partial charge is 0.401 e. The monoisotopic (exact) mass is 336 g/mol. The van der Waals surface area contributed by atoms with Crippen LogP contribution in [0, 0.1) is 0 Å². The molecular weight excluding hydrogens is 321 g/mol. The summed E-state index contributed by atoms with van der Waals surface area (Å²) in [6, 6.07) is 8.08. The summed E-state index contributed by atoms with van der Waals surface area (Å²) in [5, 5.41) is 3.36. The van der Waals surface area contributed by atoms with Crippen LogP contribution < -0.4 is 5.32 Å². The molecule has 0 saturated carbocycles. The second-order valence-electron chi connectivity index (χ2n) is 4.82. The van der Waals surface area contributed by atoms with Crippen LogP contribution in [0.25, 0.3) is 0 Å². The van der Waals surface area contributed by atoms with Crippen LogP contribution in [0.2, 0.25) is 0 Å². The quantitative estimate of drug-likeness (QED) is 0.900. The van der Waals surface area contributed by atoms with Gasteiger partial charge in [-0.15, -0.1) is 0 Å². The first kappa shape index (κ1) is 14.7. The van der Waals surface area contributed by atoms with E-state index in [0.29, 0.717) is 13.1 Å². The van der Waals surface area contributed by atoms with Crippen LogP contribution >= 0.6 is 15.9 Å². The second kappa shape index (κ2) is 6.13. The van der Waals surface area contributed by atoms with Crippen LogP contribution in [0.3, 0.4) is 0 Å². The molecule has 0 unspecified atom stereocenters. The van der Waals surface area contributed by atoms with Crippen molar-refractivity contribution < 1.29 is 13.2 Å². The second-order valence-corrected chi connectivity index (χ2v) is 5.73. The lowest BCUT2D eigenvalue weighted by molar-refractivity contribution is -0.147. The van der Waals surface area contributed by atoms with Gasteiger partial charge in [0.1, 0.15) is 0 Å². The standard InChI is InChI=1S/C13H16BrF3N2/c14-10-1-3-11(4-2-10)18-12-5-7-19(8-6-12)9-13(15,16)17/h1-4,12,18H,5-9H2. The number of likely N-dealkylation sites (tertiary alicyclic amines) is 1. The maximum absolute atomic E-state index is 12.3. The van der Waals surface area contributed by atoms with Crippen LogP contribution in [0.15, 0.2) is 28.7 Å². The Balaban J connectivity index is 1.79. The van der Waals surface area contributed by atoms with Gasteiger partial charge < -0.3 is 5.32 Å². The van der Waals surface area contributed by atoms with E-state index in [4.69, 9.17) is 0 Å². The van der Waals surface area contributed by atoms with Gasteiger partial charge >= 0.3 is 6.18 Å². The van der Waals surface area contributed by atoms with Gasteiger partial charge in [-0.3, -0.25) is 4.90 Å². The molecule has 2 rings (SSSR count). The van der Waals surface area contributed by atoms with Crippen LogP contribution in [0.4, 0.5) is 18.9 Å². The van der Waals surface area contributed by atoms with Crippen molar-refractivity contribution in [2.24, 2.45) is 0 Å². The van der Waals surface area contributed by atoms with Gasteiger partial charge in [-0.25, -0.2) is 0 Å². The molecule has 0 bridgehead atoms. The Kier molecular flexibility index (Phi) is 4.73. The molecular formula is C13H16BrF3N2. The minimum atomic E-state index is -4.09. The van der Waals surface area contributed by atoms with E-state index in [1.165, 1.54) is 4.90 Å². The third-order valence-corrected chi connectivity index (χ3v) is 3.73. The predicted octanol–water partition coefficient (Wildman–Crippen LogP) is 3.89. The summed E-state index contributed by atoms with van der Waals surface area (Å²) in [7, 11) is 0. The summed E-state index contributed by atoms with van der Waals surface area (Å²) in [5.74, 6) is 0. The average molecular weight is 337 g/mol. The highest BCUT2D eigenvalue weighted by molar-refractivity contribution is 9.10. The summed E-state index contributed by atoms with van der Waals surface area (Å²) in [6.07, 6.45) is -2.61. The number of benzene rings is 1. The molecule has 0 spiro atoms. The maximum Gasteiger partial charge on any atom is 0.401 e. The van der Waals surface area contributed by atoms with Crippen molar-refractivity contribution in [2.75, 3.05) is 25.0 Å². The summed E-state index contributed by atoms with van der Waals surface area (Å²) in [5.41, 5.74) is 1.01. The summed E-state index contributed by atoms with van der Waals surface area (Å²) in [6.45, 7) is 0.194. The van der Waals surface area contributed by atoms with Gasteiger partial charge in [0.2, 0.25) is 0 Å². The van der Waals surface area contributed by atoms with E-state index in [0.717, 1.165) is 23.0 Å². The molecule has 0 amide bonds. The molecule has 1 saturated heterocycles. The fraction of sp³-hybridized carbons (Fsp3) is 0.538. The third-order valence-electron chi connectivity index (χ3n) is 3.21. The van der Waals surface area contributed by atoms with Crippen molar-refractivity contribution >= 4 is 21.6 Å². The molecule has 1 heterocycles. The highest BCUT2D eigenvalue weighted by Gasteiger charge is 2.32. The molecule has 0 radical (unpaired) electrons. The van der Waals surface area contributed by atoms with E-state index >= 15 is 0 Å². The molecule has 2 nitrogen and oxygen atoms in total. The first-order valence-corrected chi connectivity index (χ1v) is 7.03. The summed E-state index contributed by atoms with van der Waals surface area (Å²) >= 11 is 3.37. The Morgan fingerprint density at radius 3 is 2.26 bits per heavy atom. The molecule has 1 aromatic carbocycles. The minimum Gasteiger partial charge on any atom is -0.382 e. The summed E-state index contributed by atoms with van der Waals surface area (Å²) < 4.78 is 37.8.